The molecule has 0 fully saturated rings. The highest BCUT2D eigenvalue weighted by molar-refractivity contribution is 6.33. The Labute approximate surface area is 92.6 Å². The monoisotopic (exact) mass is 203 g/mol. The lowest BCUT2D eigenvalue weighted by molar-refractivity contribution is 0.552. The van der Waals surface area contributed by atoms with Crippen LogP contribution in [-0.2, 0) is 0 Å². The molecule has 0 bridgehead atoms. The smallest absolute Gasteiger partial charge is 0.141 e. The van der Waals surface area contributed by atoms with Gasteiger partial charge in [-0.2, -0.15) is 0 Å². The van der Waals surface area contributed by atoms with Crippen LogP contribution in [0.3, 0.4) is 0 Å². The molecule has 0 radical (unpaired) electrons. The largest absolute Gasteiger partial charge is 0.366 e. The number of hydrogen-bond acceptors (Lipinski definition) is 2. The van der Waals surface area contributed by atoms with E-state index >= 15 is 0 Å². The second kappa shape index (κ2) is 4.96. The zero-order chi connectivity index (χ0) is 11.4. The number of hydrogen-bond donors (Lipinski definition) is 0. The van der Waals surface area contributed by atoms with Gasteiger partial charge in [-0.1, -0.05) is 5.46 Å². The Morgan fingerprint density at radius 1 is 1.47 bits per heavy atom. The van der Waals surface area contributed by atoms with Gasteiger partial charge in [0.05, 0.1) is 17.7 Å². The highest BCUT2D eigenvalue weighted by Crippen LogP contribution is 2.14. The number of aryl methyl sites for hydroxylation is 2. The summed E-state index contributed by atoms with van der Waals surface area (Å²) in [7, 11) is 4.07. The molecule has 0 saturated heterocycles. The van der Waals surface area contributed by atoms with Gasteiger partial charge in [0.2, 0.25) is 0 Å². The van der Waals surface area contributed by atoms with E-state index in [1.165, 1.54) is 5.46 Å². The third-order valence-corrected chi connectivity index (χ3v) is 2.52. The minimum atomic E-state index is 0.957. The molecule has 0 amide bonds. The lowest BCUT2D eigenvalue weighted by atomic mass is 9.94. The number of aliphatic imine (C=N–C) groups is 1. The third-order valence-electron chi connectivity index (χ3n) is 2.52. The quantitative estimate of drug-likeness (QED) is 0.408. The van der Waals surface area contributed by atoms with Crippen LogP contribution in [0.4, 0.5) is 5.69 Å². The van der Waals surface area contributed by atoms with Crippen molar-refractivity contribution in [3.8, 4) is 0 Å². The Hall–Kier alpha value is -1.32. The molecular formula is C11H18BN3. The Bertz CT molecular complexity index is 374. The van der Waals surface area contributed by atoms with Gasteiger partial charge in [0.25, 0.3) is 0 Å². The summed E-state index contributed by atoms with van der Waals surface area (Å²) in [6.07, 6.45) is 1.85. The van der Waals surface area contributed by atoms with Crippen molar-refractivity contribution < 1.29 is 0 Å². The third kappa shape index (κ3) is 3.08. The van der Waals surface area contributed by atoms with Gasteiger partial charge in [-0.05, 0) is 26.8 Å². The summed E-state index contributed by atoms with van der Waals surface area (Å²) in [6, 6.07) is 2.08. The second-order valence-electron chi connectivity index (χ2n) is 3.81. The average molecular weight is 203 g/mol. The van der Waals surface area contributed by atoms with E-state index in [9.17, 15) is 0 Å². The Morgan fingerprint density at radius 2 is 2.13 bits per heavy atom. The van der Waals surface area contributed by atoms with Crippen molar-refractivity contribution in [3.05, 3.63) is 17.5 Å². The van der Waals surface area contributed by atoms with Crippen LogP contribution in [-0.4, -0.2) is 37.7 Å². The van der Waals surface area contributed by atoms with Crippen LogP contribution in [0.5, 0.6) is 0 Å². The van der Waals surface area contributed by atoms with Crippen LogP contribution in [0.15, 0.2) is 11.1 Å². The molecule has 1 heterocycles. The van der Waals surface area contributed by atoms with Gasteiger partial charge < -0.3 is 4.90 Å². The van der Waals surface area contributed by atoms with E-state index in [1.807, 2.05) is 32.1 Å². The number of nitrogens with zero attached hydrogens (tertiary/aromatic N) is 3. The number of pyridine rings is 1. The van der Waals surface area contributed by atoms with E-state index < -0.39 is 0 Å². The van der Waals surface area contributed by atoms with E-state index in [1.54, 1.807) is 0 Å². The van der Waals surface area contributed by atoms with Crippen molar-refractivity contribution in [2.75, 3.05) is 13.6 Å². The van der Waals surface area contributed by atoms with Crippen molar-refractivity contribution in [3.63, 3.8) is 0 Å². The molecule has 4 heteroatoms. The molecule has 3 nitrogen and oxygen atoms in total. The number of aromatic nitrogens is 1. The molecule has 80 valence electrons. The summed E-state index contributed by atoms with van der Waals surface area (Å²) >= 11 is 0. The first-order chi connectivity index (χ1) is 7.04. The second-order valence-corrected chi connectivity index (χ2v) is 3.81. The first kappa shape index (κ1) is 11.8. The van der Waals surface area contributed by atoms with Gasteiger partial charge in [-0.15, -0.1) is 0 Å². The summed E-state index contributed by atoms with van der Waals surface area (Å²) in [5.41, 5.74) is 4.21. The van der Waals surface area contributed by atoms with E-state index in [2.05, 4.69) is 30.8 Å². The SMILES string of the molecule is Bc1cc(/N=C/N(C)CC)c(C)nc1C. The summed E-state index contributed by atoms with van der Waals surface area (Å²) < 4.78 is 0. The molecule has 1 aromatic rings. The standard InChI is InChI=1S/C11H18BN3/c1-5-15(4)7-13-11-6-10(12)8(2)14-9(11)3/h6-7H,5,12H2,1-4H3/b13-7+. The predicted molar refractivity (Wildman–Crippen MR) is 68.3 cm³/mol. The maximum Gasteiger partial charge on any atom is 0.141 e. The molecule has 0 spiro atoms. The fraction of sp³-hybridized carbons (Fsp3) is 0.455. The summed E-state index contributed by atoms with van der Waals surface area (Å²) in [6.45, 7) is 7.07. The normalized spacial score (nSPS) is 10.9. The first-order valence-electron chi connectivity index (χ1n) is 5.24. The van der Waals surface area contributed by atoms with Crippen LogP contribution in [0, 0.1) is 13.8 Å². The van der Waals surface area contributed by atoms with E-state index in [0.717, 1.165) is 23.6 Å². The first-order valence-corrected chi connectivity index (χ1v) is 5.24. The van der Waals surface area contributed by atoms with E-state index in [0.29, 0.717) is 0 Å². The van der Waals surface area contributed by atoms with Crippen molar-refractivity contribution in [1.29, 1.82) is 0 Å². The predicted octanol–water partition coefficient (Wildman–Crippen LogP) is 0.568. The molecule has 0 unspecified atom stereocenters. The van der Waals surface area contributed by atoms with Crippen molar-refractivity contribution in [2.24, 2.45) is 4.99 Å². The summed E-state index contributed by atoms with van der Waals surface area (Å²) in [4.78, 5) is 10.9. The zero-order valence-corrected chi connectivity index (χ0v) is 10.2. The van der Waals surface area contributed by atoms with Crippen LogP contribution in [0.1, 0.15) is 18.3 Å². The molecule has 15 heavy (non-hydrogen) atoms. The molecule has 0 aliphatic heterocycles. The Morgan fingerprint density at radius 3 is 2.73 bits per heavy atom. The summed E-state index contributed by atoms with van der Waals surface area (Å²) in [5, 5.41) is 0. The molecule has 0 aliphatic rings. The molecule has 0 aliphatic carbocycles. The van der Waals surface area contributed by atoms with Gasteiger partial charge in [-0.3, -0.25) is 4.98 Å². The van der Waals surface area contributed by atoms with Gasteiger partial charge in [0.1, 0.15) is 7.85 Å². The molecule has 0 atom stereocenters. The fourth-order valence-corrected chi connectivity index (χ4v) is 1.18. The average Bonchev–Trinajstić information content (AvgIpc) is 2.21. The Kier molecular flexibility index (Phi) is 3.89. The minimum Gasteiger partial charge on any atom is -0.366 e. The molecule has 0 N–H and O–H groups in total. The molecule has 1 rings (SSSR count). The number of rotatable bonds is 3. The maximum absolute atomic E-state index is 4.44. The highest BCUT2D eigenvalue weighted by atomic mass is 15.1. The van der Waals surface area contributed by atoms with Crippen molar-refractivity contribution in [2.45, 2.75) is 20.8 Å². The summed E-state index contributed by atoms with van der Waals surface area (Å²) in [5.74, 6) is 0. The maximum atomic E-state index is 4.44. The fourth-order valence-electron chi connectivity index (χ4n) is 1.18. The van der Waals surface area contributed by atoms with Gasteiger partial charge in [0.15, 0.2) is 0 Å². The lowest BCUT2D eigenvalue weighted by Crippen LogP contribution is -2.15. The van der Waals surface area contributed by atoms with Gasteiger partial charge >= 0.3 is 0 Å². The van der Waals surface area contributed by atoms with E-state index in [4.69, 9.17) is 0 Å². The van der Waals surface area contributed by atoms with Crippen LogP contribution < -0.4 is 5.46 Å². The molecule has 0 aromatic carbocycles. The molecular weight excluding hydrogens is 185 g/mol. The highest BCUT2D eigenvalue weighted by Gasteiger charge is 2.01. The van der Waals surface area contributed by atoms with Crippen LogP contribution >= 0.6 is 0 Å². The van der Waals surface area contributed by atoms with Crippen molar-refractivity contribution >= 4 is 25.3 Å². The minimum absolute atomic E-state index is 0.957. The topological polar surface area (TPSA) is 28.5 Å². The molecule has 1 aromatic heterocycles. The van der Waals surface area contributed by atoms with Gasteiger partial charge in [-0.25, -0.2) is 4.99 Å². The van der Waals surface area contributed by atoms with E-state index in [-0.39, 0.29) is 0 Å². The van der Waals surface area contributed by atoms with Crippen LogP contribution in [0.25, 0.3) is 0 Å². The lowest BCUT2D eigenvalue weighted by Gasteiger charge is -2.09. The zero-order valence-electron chi connectivity index (χ0n) is 10.2. The molecule has 0 saturated carbocycles. The van der Waals surface area contributed by atoms with Crippen LogP contribution in [0.2, 0.25) is 0 Å². The van der Waals surface area contributed by atoms with Crippen molar-refractivity contribution in [1.82, 2.24) is 9.88 Å². The van der Waals surface area contributed by atoms with Gasteiger partial charge in [0, 0.05) is 19.3 Å². The Balaban J connectivity index is 2.95.